The van der Waals surface area contributed by atoms with E-state index in [0.717, 1.165) is 0 Å². The fourth-order valence-electron chi connectivity index (χ4n) is 0.834. The maximum atomic E-state index is 10.5. The molecule has 1 fully saturated rings. The molecule has 6 nitrogen and oxygen atoms in total. The topological polar surface area (TPSA) is 90.9 Å². The number of hydrogen-bond acceptors (Lipinski definition) is 4. The summed E-state index contributed by atoms with van der Waals surface area (Å²) in [7, 11) is 0. The number of hydrogen-bond donors (Lipinski definition) is 3. The van der Waals surface area contributed by atoms with Crippen molar-refractivity contribution in [2.24, 2.45) is 0 Å². The summed E-state index contributed by atoms with van der Waals surface area (Å²) < 4.78 is 0. The predicted molar refractivity (Wildman–Crippen MR) is 36.0 cm³/mol. The van der Waals surface area contributed by atoms with Gasteiger partial charge in [0.25, 0.3) is 0 Å². The number of aromatic amines is 1. The molecule has 0 unspecified atom stereocenters. The summed E-state index contributed by atoms with van der Waals surface area (Å²) in [5, 5.41) is 10.2. The zero-order valence-electron chi connectivity index (χ0n) is 5.53. The molecule has 3 N–H and O–H groups in total. The molecule has 6 heteroatoms. The molecular weight excluding hydrogens is 148 g/mol. The minimum Gasteiger partial charge on any atom is -0.476 e. The molecule has 11 heavy (non-hydrogen) atoms. The molecular formula is C5H6N4O2. The molecule has 0 aliphatic carbocycles. The lowest BCUT2D eigenvalue weighted by Gasteiger charge is -1.94. The Bertz CT molecular complexity index is 290. The number of nitrogens with zero attached hydrogens (tertiary/aromatic N) is 2. The number of H-pyrrole nitrogens is 1. The zero-order valence-corrected chi connectivity index (χ0v) is 5.53. The number of imidazole rings is 1. The van der Waals surface area contributed by atoms with Crippen LogP contribution < -0.4 is 10.4 Å². The molecule has 0 saturated carbocycles. The normalized spacial score (nSPS) is 15.1. The second kappa shape index (κ2) is 1.96. The average molecular weight is 154 g/mol. The van der Waals surface area contributed by atoms with Crippen LogP contribution in [0.5, 0.6) is 0 Å². The van der Waals surface area contributed by atoms with Crippen LogP contribution in [0.1, 0.15) is 10.5 Å². The Kier molecular flexibility index (Phi) is 1.10. The van der Waals surface area contributed by atoms with Crippen LogP contribution in [0.4, 0.5) is 5.82 Å². The van der Waals surface area contributed by atoms with Crippen molar-refractivity contribution < 1.29 is 9.90 Å². The first-order chi connectivity index (χ1) is 5.29. The number of hydrazine groups is 1. The Morgan fingerprint density at radius 3 is 3.09 bits per heavy atom. The smallest absolute Gasteiger partial charge is 0.356 e. The van der Waals surface area contributed by atoms with Gasteiger partial charge < -0.3 is 10.1 Å². The van der Waals surface area contributed by atoms with E-state index in [1.54, 1.807) is 5.01 Å². The van der Waals surface area contributed by atoms with Gasteiger partial charge >= 0.3 is 5.97 Å². The van der Waals surface area contributed by atoms with Gasteiger partial charge in [0.1, 0.15) is 6.67 Å². The van der Waals surface area contributed by atoms with E-state index < -0.39 is 5.97 Å². The molecule has 0 bridgehead atoms. The summed E-state index contributed by atoms with van der Waals surface area (Å²) in [5.74, 6) is -0.552. The first-order valence-corrected chi connectivity index (χ1v) is 3.07. The molecule has 0 atom stereocenters. The molecule has 0 radical (unpaired) electrons. The van der Waals surface area contributed by atoms with Crippen molar-refractivity contribution in [1.82, 2.24) is 15.4 Å². The minimum atomic E-state index is -0.994. The van der Waals surface area contributed by atoms with Gasteiger partial charge in [0.2, 0.25) is 0 Å². The third kappa shape index (κ3) is 0.926. The highest BCUT2D eigenvalue weighted by molar-refractivity contribution is 5.91. The van der Waals surface area contributed by atoms with E-state index >= 15 is 0 Å². The van der Waals surface area contributed by atoms with E-state index in [1.165, 1.54) is 6.33 Å². The zero-order chi connectivity index (χ0) is 7.84. The summed E-state index contributed by atoms with van der Waals surface area (Å²) >= 11 is 0. The Morgan fingerprint density at radius 1 is 1.82 bits per heavy atom. The number of rotatable bonds is 2. The monoisotopic (exact) mass is 154 g/mol. The Labute approximate surface area is 61.8 Å². The molecule has 1 saturated heterocycles. The number of nitrogens with one attached hydrogen (secondary N) is 2. The fourth-order valence-corrected chi connectivity index (χ4v) is 0.834. The second-order valence-corrected chi connectivity index (χ2v) is 2.15. The lowest BCUT2D eigenvalue weighted by molar-refractivity contribution is 0.0692. The molecule has 1 aliphatic heterocycles. The highest BCUT2D eigenvalue weighted by atomic mass is 16.4. The van der Waals surface area contributed by atoms with Gasteiger partial charge in [0.15, 0.2) is 11.5 Å². The van der Waals surface area contributed by atoms with Crippen molar-refractivity contribution in [3.63, 3.8) is 0 Å². The summed E-state index contributed by atoms with van der Waals surface area (Å²) in [6.45, 7) is 0.658. The molecule has 0 aromatic carbocycles. The molecule has 1 aliphatic rings. The molecule has 0 spiro atoms. The minimum absolute atomic E-state index is 0.120. The molecule has 58 valence electrons. The van der Waals surface area contributed by atoms with Crippen LogP contribution >= 0.6 is 0 Å². The van der Waals surface area contributed by atoms with E-state index in [2.05, 4.69) is 15.4 Å². The van der Waals surface area contributed by atoms with Gasteiger partial charge in [-0.2, -0.15) is 0 Å². The van der Waals surface area contributed by atoms with Crippen LogP contribution in [-0.2, 0) is 0 Å². The van der Waals surface area contributed by atoms with Gasteiger partial charge in [-0.15, -0.1) is 0 Å². The lowest BCUT2D eigenvalue weighted by Crippen LogP contribution is -2.05. The number of aromatic nitrogens is 2. The van der Waals surface area contributed by atoms with Gasteiger partial charge in [-0.1, -0.05) is 0 Å². The molecule has 2 rings (SSSR count). The van der Waals surface area contributed by atoms with Crippen molar-refractivity contribution in [3.05, 3.63) is 12.0 Å². The number of anilines is 1. The summed E-state index contributed by atoms with van der Waals surface area (Å²) in [6.07, 6.45) is 1.36. The van der Waals surface area contributed by atoms with Gasteiger partial charge in [-0.25, -0.2) is 15.2 Å². The lowest BCUT2D eigenvalue weighted by atomic mass is 10.4. The SMILES string of the molecule is O=C(O)c1[nH]cnc1N1CN1. The fraction of sp³-hybridized carbons (Fsp3) is 0.200. The van der Waals surface area contributed by atoms with Crippen LogP contribution in [0, 0.1) is 0 Å². The van der Waals surface area contributed by atoms with Gasteiger partial charge in [-0.3, -0.25) is 5.01 Å². The summed E-state index contributed by atoms with van der Waals surface area (Å²) in [6, 6.07) is 0. The largest absolute Gasteiger partial charge is 0.476 e. The van der Waals surface area contributed by atoms with Crippen LogP contribution in [0.15, 0.2) is 6.33 Å². The molecule has 1 aromatic heterocycles. The first kappa shape index (κ1) is 6.17. The summed E-state index contributed by atoms with van der Waals surface area (Å²) in [5.41, 5.74) is 2.94. The highest BCUT2D eigenvalue weighted by Gasteiger charge is 2.25. The molecule has 0 amide bonds. The molecule has 2 heterocycles. The standard InChI is InChI=1S/C5H6N4O2/c10-5(11)3-4(7-1-6-3)9-2-8-9/h1,8H,2H2,(H,6,7)(H,10,11). The maximum Gasteiger partial charge on any atom is 0.356 e. The third-order valence-electron chi connectivity index (χ3n) is 1.41. The number of carboxylic acids is 1. The van der Waals surface area contributed by atoms with E-state index in [9.17, 15) is 4.79 Å². The Hall–Kier alpha value is -1.56. The van der Waals surface area contributed by atoms with Crippen molar-refractivity contribution in [2.75, 3.05) is 11.7 Å². The second-order valence-electron chi connectivity index (χ2n) is 2.15. The van der Waals surface area contributed by atoms with E-state index in [0.29, 0.717) is 12.5 Å². The van der Waals surface area contributed by atoms with Crippen molar-refractivity contribution in [1.29, 1.82) is 0 Å². The highest BCUT2D eigenvalue weighted by Crippen LogP contribution is 2.17. The number of carboxylic acid groups (broad SMARTS) is 1. The third-order valence-corrected chi connectivity index (χ3v) is 1.41. The van der Waals surface area contributed by atoms with E-state index in [-0.39, 0.29) is 5.69 Å². The van der Waals surface area contributed by atoms with E-state index in [4.69, 9.17) is 5.11 Å². The number of aromatic carboxylic acids is 1. The number of carbonyl (C=O) groups is 1. The van der Waals surface area contributed by atoms with Gasteiger partial charge in [0, 0.05) is 0 Å². The van der Waals surface area contributed by atoms with E-state index in [1.807, 2.05) is 0 Å². The van der Waals surface area contributed by atoms with Crippen molar-refractivity contribution in [2.45, 2.75) is 0 Å². The van der Waals surface area contributed by atoms with Crippen molar-refractivity contribution in [3.8, 4) is 0 Å². The van der Waals surface area contributed by atoms with Gasteiger partial charge in [0.05, 0.1) is 6.33 Å². The Balaban J connectivity index is 2.37. The Morgan fingerprint density at radius 2 is 2.55 bits per heavy atom. The van der Waals surface area contributed by atoms with Crippen LogP contribution in [0.3, 0.4) is 0 Å². The molecule has 1 aromatic rings. The van der Waals surface area contributed by atoms with Crippen LogP contribution in [0.2, 0.25) is 0 Å². The van der Waals surface area contributed by atoms with Crippen LogP contribution in [-0.4, -0.2) is 27.7 Å². The van der Waals surface area contributed by atoms with Crippen molar-refractivity contribution >= 4 is 11.8 Å². The van der Waals surface area contributed by atoms with Gasteiger partial charge in [-0.05, 0) is 0 Å². The maximum absolute atomic E-state index is 10.5. The quantitative estimate of drug-likeness (QED) is 0.494. The first-order valence-electron chi connectivity index (χ1n) is 3.07. The average Bonchev–Trinajstić information content (AvgIpc) is 2.68. The predicted octanol–water partition coefficient (Wildman–Crippen LogP) is -0.610. The van der Waals surface area contributed by atoms with Crippen LogP contribution in [0.25, 0.3) is 0 Å². The summed E-state index contributed by atoms with van der Waals surface area (Å²) in [4.78, 5) is 16.9.